The highest BCUT2D eigenvalue weighted by Gasteiger charge is 2.22. The predicted molar refractivity (Wildman–Crippen MR) is 139 cm³/mol. The highest BCUT2D eigenvalue weighted by molar-refractivity contribution is 7.10. The highest BCUT2D eigenvalue weighted by atomic mass is 35.5. The lowest BCUT2D eigenvalue weighted by Crippen LogP contribution is -2.06. The molecular formula is C27H23ClN2O5S. The number of aromatic nitrogens is 2. The second-order valence-electron chi connectivity index (χ2n) is 7.86. The van der Waals surface area contributed by atoms with Crippen molar-refractivity contribution in [2.45, 2.75) is 12.7 Å². The van der Waals surface area contributed by atoms with Crippen molar-refractivity contribution in [2.24, 2.45) is 0 Å². The molecule has 0 saturated heterocycles. The van der Waals surface area contributed by atoms with Crippen LogP contribution in [0.1, 0.15) is 22.3 Å². The Morgan fingerprint density at radius 2 is 1.72 bits per heavy atom. The van der Waals surface area contributed by atoms with Crippen LogP contribution < -0.4 is 14.2 Å². The molecule has 2 aromatic carbocycles. The summed E-state index contributed by atoms with van der Waals surface area (Å²) in [4.78, 5) is 5.58. The number of pyridine rings is 1. The maximum atomic E-state index is 6.61. The van der Waals surface area contributed by atoms with Gasteiger partial charge in [0.1, 0.15) is 23.6 Å². The number of para-hydroxylation sites is 1. The number of rotatable bonds is 9. The van der Waals surface area contributed by atoms with Crippen molar-refractivity contribution in [3.05, 3.63) is 87.4 Å². The van der Waals surface area contributed by atoms with Crippen LogP contribution in [0.5, 0.6) is 17.2 Å². The van der Waals surface area contributed by atoms with Gasteiger partial charge in [-0.05, 0) is 35.7 Å². The van der Waals surface area contributed by atoms with Crippen molar-refractivity contribution in [3.63, 3.8) is 0 Å². The summed E-state index contributed by atoms with van der Waals surface area (Å²) in [6, 6.07) is 19.3. The van der Waals surface area contributed by atoms with Crippen molar-refractivity contribution >= 4 is 33.8 Å². The number of thiophene rings is 1. The average molecular weight is 523 g/mol. The maximum absolute atomic E-state index is 6.61. The molecule has 3 heterocycles. The number of hydrogen-bond donors (Lipinski definition) is 0. The first-order valence-electron chi connectivity index (χ1n) is 11.1. The van der Waals surface area contributed by atoms with Gasteiger partial charge >= 0.3 is 0 Å². The van der Waals surface area contributed by atoms with Crippen molar-refractivity contribution in [3.8, 4) is 28.5 Å². The standard InChI is InChI=1S/C27H23ClN2O5S/c1-31-22-12-17(13-23(32-2)26(22)33-3)21-14-18(35-30-21)15-34-25(24-9-6-10-36-24)19-11-16-7-4-5-8-20(16)29-27(19)28/h4-14,25H,15H2,1-3H3. The highest BCUT2D eigenvalue weighted by Crippen LogP contribution is 2.41. The Balaban J connectivity index is 1.42. The molecule has 9 heteroatoms. The Morgan fingerprint density at radius 3 is 2.42 bits per heavy atom. The van der Waals surface area contributed by atoms with Gasteiger partial charge in [0.25, 0.3) is 0 Å². The lowest BCUT2D eigenvalue weighted by molar-refractivity contribution is 0.0541. The zero-order valence-electron chi connectivity index (χ0n) is 19.9. The maximum Gasteiger partial charge on any atom is 0.203 e. The van der Waals surface area contributed by atoms with Crippen molar-refractivity contribution in [1.82, 2.24) is 10.1 Å². The van der Waals surface area contributed by atoms with E-state index in [1.807, 2.05) is 66.0 Å². The first kappa shape index (κ1) is 24.1. The summed E-state index contributed by atoms with van der Waals surface area (Å²) in [5, 5.41) is 7.62. The normalized spacial score (nSPS) is 12.0. The molecule has 0 saturated carbocycles. The largest absolute Gasteiger partial charge is 0.493 e. The SMILES string of the molecule is COc1cc(-c2cc(COC(c3cccs3)c3cc4ccccc4nc3Cl)on2)cc(OC)c1OC. The molecule has 1 unspecified atom stereocenters. The summed E-state index contributed by atoms with van der Waals surface area (Å²) in [5.74, 6) is 2.13. The third-order valence-electron chi connectivity index (χ3n) is 5.70. The lowest BCUT2D eigenvalue weighted by Gasteiger charge is -2.18. The van der Waals surface area contributed by atoms with Gasteiger partial charge in [-0.3, -0.25) is 0 Å². The first-order valence-corrected chi connectivity index (χ1v) is 12.3. The topological polar surface area (TPSA) is 75.8 Å². The number of halogens is 1. The van der Waals surface area contributed by atoms with E-state index >= 15 is 0 Å². The number of ether oxygens (including phenoxy) is 4. The smallest absolute Gasteiger partial charge is 0.203 e. The van der Waals surface area contributed by atoms with Gasteiger partial charge in [-0.1, -0.05) is 41.0 Å². The Hall–Kier alpha value is -3.59. The van der Waals surface area contributed by atoms with Crippen LogP contribution in [0, 0.1) is 0 Å². The molecule has 184 valence electrons. The summed E-state index contributed by atoms with van der Waals surface area (Å²) in [6.07, 6.45) is -0.413. The van der Waals surface area contributed by atoms with Crippen LogP contribution in [-0.2, 0) is 11.3 Å². The fraction of sp³-hybridized carbons (Fsp3) is 0.185. The van der Waals surface area contributed by atoms with Crippen LogP contribution in [0.25, 0.3) is 22.2 Å². The minimum absolute atomic E-state index is 0.184. The molecule has 5 aromatic rings. The van der Waals surface area contributed by atoms with Crippen molar-refractivity contribution in [2.75, 3.05) is 21.3 Å². The molecule has 0 fully saturated rings. The second-order valence-corrected chi connectivity index (χ2v) is 9.20. The van der Waals surface area contributed by atoms with E-state index in [2.05, 4.69) is 10.1 Å². The van der Waals surface area contributed by atoms with Gasteiger partial charge in [0.05, 0.1) is 26.8 Å². The monoisotopic (exact) mass is 522 g/mol. The molecule has 0 aliphatic carbocycles. The molecule has 0 bridgehead atoms. The molecule has 0 N–H and O–H groups in total. The van der Waals surface area contributed by atoms with Gasteiger partial charge in [-0.25, -0.2) is 4.98 Å². The molecule has 1 atom stereocenters. The summed E-state index contributed by atoms with van der Waals surface area (Å²) < 4.78 is 28.3. The summed E-state index contributed by atoms with van der Waals surface area (Å²) in [5.41, 5.74) is 3.01. The first-order chi connectivity index (χ1) is 17.6. The van der Waals surface area contributed by atoms with E-state index in [9.17, 15) is 0 Å². The molecule has 3 aromatic heterocycles. The Bertz CT molecular complexity index is 1460. The van der Waals surface area contributed by atoms with E-state index in [-0.39, 0.29) is 6.61 Å². The number of hydrogen-bond acceptors (Lipinski definition) is 8. The zero-order chi connectivity index (χ0) is 25.1. The predicted octanol–water partition coefficient (Wildman–Crippen LogP) is 6.94. The summed E-state index contributed by atoms with van der Waals surface area (Å²) >= 11 is 8.20. The van der Waals surface area contributed by atoms with E-state index < -0.39 is 6.10 Å². The number of benzene rings is 2. The molecular weight excluding hydrogens is 500 g/mol. The third kappa shape index (κ3) is 4.75. The Morgan fingerprint density at radius 1 is 0.944 bits per heavy atom. The molecule has 0 spiro atoms. The van der Waals surface area contributed by atoms with E-state index in [1.54, 1.807) is 32.7 Å². The van der Waals surface area contributed by atoms with Crippen molar-refractivity contribution in [1.29, 1.82) is 0 Å². The zero-order valence-corrected chi connectivity index (χ0v) is 21.4. The van der Waals surface area contributed by atoms with Gasteiger partial charge in [0.2, 0.25) is 5.75 Å². The number of fused-ring (bicyclic) bond motifs is 1. The molecule has 5 rings (SSSR count). The Kier molecular flexibility index (Phi) is 7.09. The van der Waals surface area contributed by atoms with Crippen LogP contribution in [0.15, 0.2) is 70.6 Å². The molecule has 0 aliphatic heterocycles. The van der Waals surface area contributed by atoms with Crippen LogP contribution in [0.3, 0.4) is 0 Å². The van der Waals surface area contributed by atoms with Gasteiger partial charge in [-0.2, -0.15) is 0 Å². The van der Waals surface area contributed by atoms with Crippen molar-refractivity contribution < 1.29 is 23.5 Å². The third-order valence-corrected chi connectivity index (χ3v) is 6.92. The lowest BCUT2D eigenvalue weighted by atomic mass is 10.1. The molecule has 7 nitrogen and oxygen atoms in total. The van der Waals surface area contributed by atoms with E-state index in [0.29, 0.717) is 33.9 Å². The van der Waals surface area contributed by atoms with Crippen LogP contribution in [0.2, 0.25) is 5.15 Å². The molecule has 0 amide bonds. The summed E-state index contributed by atoms with van der Waals surface area (Å²) in [6.45, 7) is 0.184. The van der Waals surface area contributed by atoms with Gasteiger partial charge in [0.15, 0.2) is 17.3 Å². The molecule has 0 radical (unpaired) electrons. The van der Waals surface area contributed by atoms with Gasteiger partial charge in [0, 0.05) is 27.5 Å². The summed E-state index contributed by atoms with van der Waals surface area (Å²) in [7, 11) is 4.70. The van der Waals surface area contributed by atoms with E-state index in [0.717, 1.165) is 26.9 Å². The van der Waals surface area contributed by atoms with Gasteiger partial charge < -0.3 is 23.5 Å². The number of nitrogens with zero attached hydrogens (tertiary/aromatic N) is 2. The average Bonchev–Trinajstić information content (AvgIpc) is 3.61. The minimum Gasteiger partial charge on any atom is -0.493 e. The quantitative estimate of drug-likeness (QED) is 0.194. The second kappa shape index (κ2) is 10.6. The van der Waals surface area contributed by atoms with Crippen LogP contribution in [0.4, 0.5) is 0 Å². The van der Waals surface area contributed by atoms with E-state index in [4.69, 9.17) is 35.1 Å². The Labute approximate surface area is 217 Å². The van der Waals surface area contributed by atoms with Crippen LogP contribution in [-0.4, -0.2) is 31.5 Å². The molecule has 0 aliphatic rings. The fourth-order valence-corrected chi connectivity index (χ4v) is 5.00. The minimum atomic E-state index is -0.413. The van der Waals surface area contributed by atoms with E-state index in [1.165, 1.54) is 0 Å². The van der Waals surface area contributed by atoms with Crippen LogP contribution >= 0.6 is 22.9 Å². The molecule has 36 heavy (non-hydrogen) atoms. The fourth-order valence-electron chi connectivity index (χ4n) is 3.97. The van der Waals surface area contributed by atoms with Gasteiger partial charge in [-0.15, -0.1) is 11.3 Å². The number of methoxy groups -OCH3 is 3.